The summed E-state index contributed by atoms with van der Waals surface area (Å²) in [5.74, 6) is -0.0399. The molecular formula is C21H17N3O. The normalized spacial score (nSPS) is 11.1. The summed E-state index contributed by atoms with van der Waals surface area (Å²) in [5, 5.41) is 5.85. The van der Waals surface area contributed by atoms with Crippen LogP contribution in [0.1, 0.15) is 22.3 Å². The Morgan fingerprint density at radius 3 is 2.44 bits per heavy atom. The Labute approximate surface area is 146 Å². The van der Waals surface area contributed by atoms with Gasteiger partial charge in [0.15, 0.2) is 5.78 Å². The maximum atomic E-state index is 12.8. The van der Waals surface area contributed by atoms with Gasteiger partial charge in [-0.05, 0) is 40.4 Å². The Kier molecular flexibility index (Phi) is 5.25. The first kappa shape index (κ1) is 16.5. The Morgan fingerprint density at radius 2 is 1.68 bits per heavy atom. The average molecular weight is 327 g/mol. The minimum Gasteiger partial charge on any atom is -0.289 e. The van der Waals surface area contributed by atoms with Crippen LogP contribution in [0.2, 0.25) is 0 Å². The summed E-state index contributed by atoms with van der Waals surface area (Å²) < 4.78 is 0. The van der Waals surface area contributed by atoms with Crippen molar-refractivity contribution in [1.82, 2.24) is 0 Å². The lowest BCUT2D eigenvalue weighted by Crippen LogP contribution is -2.04. The molecule has 0 aromatic heterocycles. The quantitative estimate of drug-likeness (QED) is 0.185. The van der Waals surface area contributed by atoms with Crippen molar-refractivity contribution in [2.75, 3.05) is 6.54 Å². The van der Waals surface area contributed by atoms with Gasteiger partial charge in [-0.3, -0.25) is 4.79 Å². The first-order valence-corrected chi connectivity index (χ1v) is 8.08. The summed E-state index contributed by atoms with van der Waals surface area (Å²) in [7, 11) is 0. The smallest absolute Gasteiger partial charge is 0.189 e. The van der Waals surface area contributed by atoms with E-state index in [-0.39, 0.29) is 12.3 Å². The summed E-state index contributed by atoms with van der Waals surface area (Å²) in [6.45, 7) is 0.258. The number of benzene rings is 3. The van der Waals surface area contributed by atoms with Crippen LogP contribution in [0.3, 0.4) is 0 Å². The molecule has 0 radical (unpaired) electrons. The fraction of sp³-hybridized carbons (Fsp3) is 0.0952. The second-order valence-electron chi connectivity index (χ2n) is 5.68. The molecule has 0 aliphatic carbocycles. The maximum Gasteiger partial charge on any atom is 0.189 e. The van der Waals surface area contributed by atoms with E-state index in [2.05, 4.69) is 22.2 Å². The van der Waals surface area contributed by atoms with Crippen molar-refractivity contribution < 1.29 is 4.79 Å². The van der Waals surface area contributed by atoms with E-state index in [1.165, 1.54) is 0 Å². The molecule has 0 aliphatic rings. The Balaban J connectivity index is 1.97. The second kappa shape index (κ2) is 7.95. The van der Waals surface area contributed by atoms with Crippen molar-refractivity contribution >= 4 is 22.6 Å². The molecule has 0 unspecified atom stereocenters. The van der Waals surface area contributed by atoms with Gasteiger partial charge >= 0.3 is 0 Å². The van der Waals surface area contributed by atoms with Gasteiger partial charge in [-0.25, -0.2) is 0 Å². The molecule has 0 aliphatic heterocycles. The predicted octanol–water partition coefficient (Wildman–Crippen LogP) is 5.81. The van der Waals surface area contributed by atoms with E-state index in [4.69, 9.17) is 5.53 Å². The largest absolute Gasteiger partial charge is 0.289 e. The SMILES string of the molecule is [N-]=[N+]=NCC/C(=C/c1ccc2ccccc2c1)C(=O)c1ccccc1. The van der Waals surface area contributed by atoms with E-state index in [1.807, 2.05) is 54.6 Å². The van der Waals surface area contributed by atoms with E-state index >= 15 is 0 Å². The zero-order chi connectivity index (χ0) is 17.5. The van der Waals surface area contributed by atoms with Crippen molar-refractivity contribution in [1.29, 1.82) is 0 Å². The molecule has 122 valence electrons. The van der Waals surface area contributed by atoms with E-state index < -0.39 is 0 Å². The monoisotopic (exact) mass is 327 g/mol. The Hall–Kier alpha value is -3.36. The highest BCUT2D eigenvalue weighted by molar-refractivity contribution is 6.11. The summed E-state index contributed by atoms with van der Waals surface area (Å²) >= 11 is 0. The zero-order valence-electron chi connectivity index (χ0n) is 13.7. The lowest BCUT2D eigenvalue weighted by atomic mass is 9.97. The highest BCUT2D eigenvalue weighted by Crippen LogP contribution is 2.20. The van der Waals surface area contributed by atoms with Gasteiger partial charge < -0.3 is 0 Å². The van der Waals surface area contributed by atoms with Gasteiger partial charge in [-0.2, -0.15) is 0 Å². The minimum absolute atomic E-state index is 0.0399. The zero-order valence-corrected chi connectivity index (χ0v) is 13.7. The highest BCUT2D eigenvalue weighted by atomic mass is 16.1. The molecule has 4 heteroatoms. The van der Waals surface area contributed by atoms with Crippen LogP contribution in [0.25, 0.3) is 27.3 Å². The molecule has 3 aromatic rings. The van der Waals surface area contributed by atoms with Gasteiger partial charge in [0.2, 0.25) is 0 Å². The first-order chi connectivity index (χ1) is 12.3. The van der Waals surface area contributed by atoms with E-state index in [1.54, 1.807) is 12.1 Å². The van der Waals surface area contributed by atoms with Crippen LogP contribution in [-0.2, 0) is 0 Å². The molecule has 3 rings (SSSR count). The average Bonchev–Trinajstić information content (AvgIpc) is 2.67. The Bertz CT molecular complexity index is 971. The molecule has 0 saturated heterocycles. The lowest BCUT2D eigenvalue weighted by molar-refractivity contribution is 0.103. The molecule has 0 N–H and O–H groups in total. The maximum absolute atomic E-state index is 12.8. The number of hydrogen-bond acceptors (Lipinski definition) is 2. The fourth-order valence-corrected chi connectivity index (χ4v) is 2.74. The second-order valence-corrected chi connectivity index (χ2v) is 5.68. The molecule has 0 spiro atoms. The van der Waals surface area contributed by atoms with E-state index in [9.17, 15) is 4.79 Å². The number of carbonyl (C=O) groups is 1. The Morgan fingerprint density at radius 1 is 0.960 bits per heavy atom. The van der Waals surface area contributed by atoms with Gasteiger partial charge in [-0.1, -0.05) is 71.8 Å². The van der Waals surface area contributed by atoms with Crippen LogP contribution >= 0.6 is 0 Å². The van der Waals surface area contributed by atoms with Crippen LogP contribution in [0.5, 0.6) is 0 Å². The van der Waals surface area contributed by atoms with Crippen molar-refractivity contribution in [3.8, 4) is 0 Å². The highest BCUT2D eigenvalue weighted by Gasteiger charge is 2.11. The van der Waals surface area contributed by atoms with Crippen LogP contribution < -0.4 is 0 Å². The molecule has 0 heterocycles. The third-order valence-electron chi connectivity index (χ3n) is 3.99. The number of rotatable bonds is 6. The molecule has 3 aromatic carbocycles. The summed E-state index contributed by atoms with van der Waals surface area (Å²) in [6.07, 6.45) is 2.29. The number of nitrogens with zero attached hydrogens (tertiary/aromatic N) is 3. The first-order valence-electron chi connectivity index (χ1n) is 8.08. The third kappa shape index (κ3) is 4.14. The predicted molar refractivity (Wildman–Crippen MR) is 101 cm³/mol. The van der Waals surface area contributed by atoms with Crippen LogP contribution in [-0.4, -0.2) is 12.3 Å². The molecule has 0 saturated carbocycles. The van der Waals surface area contributed by atoms with Crippen molar-refractivity contribution in [3.63, 3.8) is 0 Å². The molecule has 0 atom stereocenters. The van der Waals surface area contributed by atoms with Gasteiger partial charge in [0, 0.05) is 22.6 Å². The number of ketones is 1. The number of carbonyl (C=O) groups excluding carboxylic acids is 1. The van der Waals surface area contributed by atoms with Gasteiger partial charge in [0.25, 0.3) is 0 Å². The summed E-state index contributed by atoms with van der Waals surface area (Å²) in [4.78, 5) is 15.6. The van der Waals surface area contributed by atoms with E-state index in [0.717, 1.165) is 16.3 Å². The number of fused-ring (bicyclic) bond motifs is 1. The number of hydrogen-bond donors (Lipinski definition) is 0. The lowest BCUT2D eigenvalue weighted by Gasteiger charge is -2.07. The topological polar surface area (TPSA) is 65.8 Å². The number of azide groups is 1. The van der Waals surface area contributed by atoms with Crippen LogP contribution in [0.4, 0.5) is 0 Å². The van der Waals surface area contributed by atoms with Crippen LogP contribution in [0, 0.1) is 0 Å². The molecule has 0 bridgehead atoms. The van der Waals surface area contributed by atoms with Crippen LogP contribution in [0.15, 0.2) is 83.5 Å². The van der Waals surface area contributed by atoms with Gasteiger partial charge in [0.05, 0.1) is 0 Å². The van der Waals surface area contributed by atoms with Crippen molar-refractivity contribution in [2.45, 2.75) is 6.42 Å². The van der Waals surface area contributed by atoms with E-state index in [0.29, 0.717) is 17.6 Å². The fourth-order valence-electron chi connectivity index (χ4n) is 2.74. The molecule has 25 heavy (non-hydrogen) atoms. The molecule has 0 amide bonds. The van der Waals surface area contributed by atoms with Gasteiger partial charge in [-0.15, -0.1) is 0 Å². The van der Waals surface area contributed by atoms with Gasteiger partial charge in [0.1, 0.15) is 0 Å². The summed E-state index contributed by atoms with van der Waals surface area (Å²) in [5.41, 5.74) is 10.7. The molecule has 4 nitrogen and oxygen atoms in total. The number of Topliss-reactive ketones (excluding diaryl/α,β-unsaturated/α-hetero) is 1. The van der Waals surface area contributed by atoms with Crippen molar-refractivity contribution in [3.05, 3.63) is 99.9 Å². The molecular weight excluding hydrogens is 310 g/mol. The van der Waals surface area contributed by atoms with Crippen molar-refractivity contribution in [2.24, 2.45) is 5.11 Å². The standard InChI is InChI=1S/C21H17N3O/c22-24-23-13-12-20(21(25)18-7-2-1-3-8-18)15-16-10-11-17-6-4-5-9-19(17)14-16/h1-11,14-15H,12-13H2/b20-15-. The molecule has 0 fully saturated rings. The summed E-state index contributed by atoms with van der Waals surface area (Å²) in [6, 6.07) is 23.3. The minimum atomic E-state index is -0.0399. The third-order valence-corrected chi connectivity index (χ3v) is 3.99.